The van der Waals surface area contributed by atoms with E-state index in [2.05, 4.69) is 81.1 Å². The van der Waals surface area contributed by atoms with Gasteiger partial charge in [-0.05, 0) is 54.5 Å². The minimum atomic E-state index is -0.228. The van der Waals surface area contributed by atoms with Crippen molar-refractivity contribution in [1.29, 1.82) is 0 Å². The van der Waals surface area contributed by atoms with Crippen molar-refractivity contribution in [1.82, 2.24) is 30.3 Å². The summed E-state index contributed by atoms with van der Waals surface area (Å²) in [6.45, 7) is 6.98. The van der Waals surface area contributed by atoms with E-state index in [1.165, 1.54) is 16.7 Å². The number of benzene rings is 2. The van der Waals surface area contributed by atoms with E-state index in [1.807, 2.05) is 13.2 Å². The number of nitrogens with one attached hydrogen (secondary N) is 2. The van der Waals surface area contributed by atoms with E-state index < -0.39 is 0 Å². The number of rotatable bonds is 9. The van der Waals surface area contributed by atoms with Gasteiger partial charge in [0.1, 0.15) is 5.82 Å². The van der Waals surface area contributed by atoms with Crippen molar-refractivity contribution in [2.75, 3.05) is 25.4 Å². The highest BCUT2D eigenvalue weighted by Crippen LogP contribution is 2.27. The summed E-state index contributed by atoms with van der Waals surface area (Å²) in [5.41, 5.74) is 13.0. The van der Waals surface area contributed by atoms with E-state index in [1.54, 1.807) is 23.1 Å². The van der Waals surface area contributed by atoms with Crippen LogP contribution in [-0.4, -0.2) is 63.4 Å². The smallest absolute Gasteiger partial charge is 0.255 e. The molecule has 0 unspecified atom stereocenters. The van der Waals surface area contributed by atoms with Gasteiger partial charge in [0, 0.05) is 62.8 Å². The molecule has 1 amide bonds. The fraction of sp³-hybridized carbons (Fsp3) is 0.382. The highest BCUT2D eigenvalue weighted by molar-refractivity contribution is 5.99. The summed E-state index contributed by atoms with van der Waals surface area (Å²) < 4.78 is 8.04. The van der Waals surface area contributed by atoms with Gasteiger partial charge in [-0.2, -0.15) is 5.10 Å². The molecule has 9 nitrogen and oxygen atoms in total. The number of amides is 1. The number of nitrogen functional groups attached to an aromatic ring is 1. The summed E-state index contributed by atoms with van der Waals surface area (Å²) in [6, 6.07) is 19.7. The molecule has 4 N–H and O–H groups in total. The van der Waals surface area contributed by atoms with Crippen LogP contribution in [0.5, 0.6) is 0 Å². The number of piperazine rings is 1. The lowest BCUT2D eigenvalue weighted by atomic mass is 10.0. The number of hydrogen-bond donors (Lipinski definition) is 3. The molecule has 43 heavy (non-hydrogen) atoms. The van der Waals surface area contributed by atoms with Gasteiger partial charge in [0.2, 0.25) is 0 Å². The van der Waals surface area contributed by atoms with Gasteiger partial charge in [-0.25, -0.2) is 4.98 Å². The molecule has 9 heteroatoms. The maximum absolute atomic E-state index is 13.2. The second-order valence-corrected chi connectivity index (χ2v) is 11.9. The lowest BCUT2D eigenvalue weighted by Gasteiger charge is -2.31. The third kappa shape index (κ3) is 7.13. The average Bonchev–Trinajstić information content (AvgIpc) is 3.65. The van der Waals surface area contributed by atoms with E-state index >= 15 is 0 Å². The normalized spacial score (nSPS) is 20.7. The van der Waals surface area contributed by atoms with E-state index in [0.29, 0.717) is 18.2 Å². The Bertz CT molecular complexity index is 1530. The van der Waals surface area contributed by atoms with Gasteiger partial charge in [0.25, 0.3) is 5.91 Å². The topological polar surface area (TPSA) is 110 Å². The van der Waals surface area contributed by atoms with Crippen molar-refractivity contribution in [3.63, 3.8) is 0 Å². The Balaban J connectivity index is 1.02. The number of hydrogen-bond acceptors (Lipinski definition) is 7. The predicted molar refractivity (Wildman–Crippen MR) is 169 cm³/mol. The second kappa shape index (κ2) is 13.1. The molecule has 0 bridgehead atoms. The van der Waals surface area contributed by atoms with Crippen LogP contribution in [0.1, 0.15) is 47.7 Å². The lowest BCUT2D eigenvalue weighted by molar-refractivity contribution is 0.0272. The molecule has 1 aliphatic carbocycles. The molecule has 1 aliphatic heterocycles. The van der Waals surface area contributed by atoms with E-state index in [4.69, 9.17) is 10.5 Å². The van der Waals surface area contributed by atoms with Crippen molar-refractivity contribution >= 4 is 11.7 Å². The van der Waals surface area contributed by atoms with Gasteiger partial charge in [-0.3, -0.25) is 14.4 Å². The van der Waals surface area contributed by atoms with E-state index in [0.717, 1.165) is 62.1 Å². The van der Waals surface area contributed by atoms with E-state index in [-0.39, 0.29) is 23.9 Å². The highest BCUT2D eigenvalue weighted by Gasteiger charge is 2.30. The molecular formula is C34H41N7O2. The summed E-state index contributed by atoms with van der Waals surface area (Å²) in [6.07, 6.45) is 8.02. The van der Waals surface area contributed by atoms with Crippen molar-refractivity contribution < 1.29 is 9.53 Å². The summed E-state index contributed by atoms with van der Waals surface area (Å²) in [5, 5.41) is 10.9. The number of nitrogens with zero attached hydrogens (tertiary/aromatic N) is 4. The fourth-order valence-corrected chi connectivity index (χ4v) is 6.14. The number of ether oxygens (including phenoxy) is 1. The molecule has 6 rings (SSSR count). The average molecular weight is 580 g/mol. The first-order chi connectivity index (χ1) is 20.9. The molecule has 2 aromatic heterocycles. The summed E-state index contributed by atoms with van der Waals surface area (Å²) in [7, 11) is 1.85. The number of carbonyl (C=O) groups is 1. The molecule has 2 aromatic carbocycles. The first kappa shape index (κ1) is 29.0. The first-order valence-electron chi connectivity index (χ1n) is 15.2. The van der Waals surface area contributed by atoms with Crippen molar-refractivity contribution in [3.8, 4) is 22.3 Å². The molecule has 224 valence electrons. The van der Waals surface area contributed by atoms with Crippen LogP contribution in [0.2, 0.25) is 0 Å². The molecular weight excluding hydrogens is 538 g/mol. The number of nitrogens with two attached hydrogens (primary N) is 1. The van der Waals surface area contributed by atoms with Crippen LogP contribution in [0.4, 0.5) is 5.82 Å². The Kier molecular flexibility index (Phi) is 8.83. The van der Waals surface area contributed by atoms with Gasteiger partial charge in [0.15, 0.2) is 0 Å². The Morgan fingerprint density at radius 1 is 1.02 bits per heavy atom. The summed E-state index contributed by atoms with van der Waals surface area (Å²) in [4.78, 5) is 20.0. The van der Waals surface area contributed by atoms with Crippen LogP contribution in [0.3, 0.4) is 0 Å². The lowest BCUT2D eigenvalue weighted by Crippen LogP contribution is -2.48. The van der Waals surface area contributed by atoms with Crippen LogP contribution in [-0.2, 0) is 24.9 Å². The molecule has 0 spiro atoms. The molecule has 0 radical (unpaired) electrons. The molecule has 1 saturated heterocycles. The Labute approximate surface area is 253 Å². The third-order valence-electron chi connectivity index (χ3n) is 8.53. The fourth-order valence-electron chi connectivity index (χ4n) is 6.14. The molecule has 1 saturated carbocycles. The molecule has 2 fully saturated rings. The summed E-state index contributed by atoms with van der Waals surface area (Å²) >= 11 is 0. The molecule has 3 atom stereocenters. The minimum absolute atomic E-state index is 0.0504. The maximum Gasteiger partial charge on any atom is 0.255 e. The van der Waals surface area contributed by atoms with Crippen LogP contribution >= 0.6 is 0 Å². The number of aromatic nitrogens is 3. The number of carbonyl (C=O) groups excluding carboxylic acids is 1. The maximum atomic E-state index is 13.2. The first-order valence-corrected chi connectivity index (χ1v) is 15.2. The zero-order valence-electron chi connectivity index (χ0n) is 25.0. The third-order valence-corrected chi connectivity index (χ3v) is 8.53. The quantitative estimate of drug-likeness (QED) is 0.270. The van der Waals surface area contributed by atoms with Crippen LogP contribution in [0, 0.1) is 0 Å². The van der Waals surface area contributed by atoms with Crippen molar-refractivity contribution in [2.24, 2.45) is 7.05 Å². The van der Waals surface area contributed by atoms with Gasteiger partial charge in [-0.15, -0.1) is 0 Å². The highest BCUT2D eigenvalue weighted by atomic mass is 16.5. The zero-order valence-corrected chi connectivity index (χ0v) is 25.0. The Hall–Kier alpha value is -4.05. The van der Waals surface area contributed by atoms with Gasteiger partial charge >= 0.3 is 0 Å². The largest absolute Gasteiger partial charge is 0.383 e. The van der Waals surface area contributed by atoms with Crippen LogP contribution in [0.15, 0.2) is 73.2 Å². The van der Waals surface area contributed by atoms with Crippen molar-refractivity contribution in [2.45, 2.75) is 57.5 Å². The van der Waals surface area contributed by atoms with Crippen molar-refractivity contribution in [3.05, 3.63) is 89.9 Å². The standard InChI is InChI=1S/C34H41N7O2/c1-23-19-41(15-14-36-23)20-24-6-10-26(11-7-24)27-12-8-25(9-13-27)22-43-32-5-3-4-31(32)39-34(42)30-16-28(17-37-33(30)35)29-18-38-40(2)21-29/h6-13,16-18,21,23,31-32,36H,3-5,14-15,19-20,22H2,1-2H3,(H2,35,37)(H,39,42)/t23-,31+,32+/m1/s1. The minimum Gasteiger partial charge on any atom is -0.383 e. The van der Waals surface area contributed by atoms with Crippen LogP contribution in [0.25, 0.3) is 22.3 Å². The number of pyridine rings is 1. The Morgan fingerprint density at radius 2 is 1.77 bits per heavy atom. The summed E-state index contributed by atoms with van der Waals surface area (Å²) in [5.74, 6) is -0.0152. The van der Waals surface area contributed by atoms with Gasteiger partial charge < -0.3 is 21.1 Å². The predicted octanol–water partition coefficient (Wildman–Crippen LogP) is 4.39. The van der Waals surface area contributed by atoms with E-state index in [9.17, 15) is 4.79 Å². The SMILES string of the molecule is C[C@@H]1CN(Cc2ccc(-c3ccc(CO[C@H]4CCC[C@@H]4NC(=O)c4cc(-c5cnn(C)c5)cnc4N)cc3)cc2)CCN1. The second-order valence-electron chi connectivity index (χ2n) is 11.9. The number of aryl methyl sites for hydroxylation is 1. The molecule has 2 aliphatic rings. The van der Waals surface area contributed by atoms with Gasteiger partial charge in [-0.1, -0.05) is 48.5 Å². The number of anilines is 1. The van der Waals surface area contributed by atoms with Gasteiger partial charge in [0.05, 0.1) is 30.5 Å². The zero-order chi connectivity index (χ0) is 29.8. The molecule has 3 heterocycles. The monoisotopic (exact) mass is 579 g/mol. The van der Waals surface area contributed by atoms with Crippen LogP contribution < -0.4 is 16.4 Å². The Morgan fingerprint density at radius 3 is 2.47 bits per heavy atom. The molecule has 4 aromatic rings.